The van der Waals surface area contributed by atoms with Crippen molar-refractivity contribution >= 4 is 29.9 Å². The maximum absolute atomic E-state index is 6.04. The molecule has 8 heteroatoms. The highest BCUT2D eigenvalue weighted by molar-refractivity contribution is 14.0. The van der Waals surface area contributed by atoms with Crippen LogP contribution in [-0.4, -0.2) is 51.3 Å². The number of rotatable bonds is 5. The molecule has 2 aliphatic heterocycles. The third kappa shape index (κ3) is 5.44. The first-order chi connectivity index (χ1) is 11.7. The monoisotopic (exact) mass is 463 g/mol. The summed E-state index contributed by atoms with van der Waals surface area (Å²) in [4.78, 5) is 4.35. The van der Waals surface area contributed by atoms with Gasteiger partial charge in [0.2, 0.25) is 0 Å². The molecule has 2 saturated heterocycles. The normalized spacial score (nSPS) is 22.4. The lowest BCUT2D eigenvalue weighted by molar-refractivity contribution is -0.210. The highest BCUT2D eigenvalue weighted by Gasteiger charge is 2.42. The molecule has 0 bridgehead atoms. The van der Waals surface area contributed by atoms with Gasteiger partial charge < -0.3 is 30.0 Å². The summed E-state index contributed by atoms with van der Waals surface area (Å²) in [6.07, 6.45) is 1.53. The smallest absolute Gasteiger partial charge is 0.189 e. The van der Waals surface area contributed by atoms with E-state index >= 15 is 0 Å². The molecule has 2 aliphatic rings. The van der Waals surface area contributed by atoms with Gasteiger partial charge in [0.25, 0.3) is 0 Å². The zero-order chi connectivity index (χ0) is 16.8. The number of ether oxygens (including phenoxy) is 4. The van der Waals surface area contributed by atoms with Crippen molar-refractivity contribution < 1.29 is 18.9 Å². The zero-order valence-corrected chi connectivity index (χ0v) is 16.7. The van der Waals surface area contributed by atoms with Crippen LogP contribution in [0, 0.1) is 0 Å². The van der Waals surface area contributed by atoms with E-state index in [-0.39, 0.29) is 30.1 Å². The number of hydrogen-bond donors (Lipinski definition) is 2. The number of halogens is 1. The summed E-state index contributed by atoms with van der Waals surface area (Å²) in [5, 5.41) is 3.10. The Balaban J connectivity index is 0.00000225. The third-order valence-electron chi connectivity index (χ3n) is 4.29. The van der Waals surface area contributed by atoms with E-state index in [1.807, 2.05) is 24.3 Å². The van der Waals surface area contributed by atoms with Crippen molar-refractivity contribution in [3.8, 4) is 5.75 Å². The quantitative estimate of drug-likeness (QED) is 0.392. The zero-order valence-electron chi connectivity index (χ0n) is 14.4. The Kier molecular flexibility index (Phi) is 7.73. The van der Waals surface area contributed by atoms with Crippen LogP contribution in [-0.2, 0) is 20.8 Å². The van der Waals surface area contributed by atoms with Crippen LogP contribution in [0.15, 0.2) is 29.3 Å². The minimum absolute atomic E-state index is 0. The average Bonchev–Trinajstić information content (AvgIpc) is 3.01. The van der Waals surface area contributed by atoms with Crippen molar-refractivity contribution in [3.63, 3.8) is 0 Å². The number of nitrogens with one attached hydrogen (secondary N) is 1. The predicted octanol–water partition coefficient (Wildman–Crippen LogP) is 1.64. The first-order valence-corrected chi connectivity index (χ1v) is 8.26. The van der Waals surface area contributed by atoms with Gasteiger partial charge in [-0.2, -0.15) is 0 Å². The molecule has 25 heavy (non-hydrogen) atoms. The molecule has 0 aliphatic carbocycles. The van der Waals surface area contributed by atoms with Gasteiger partial charge in [0.15, 0.2) is 11.7 Å². The van der Waals surface area contributed by atoms with Gasteiger partial charge in [-0.1, -0.05) is 18.2 Å². The fourth-order valence-corrected chi connectivity index (χ4v) is 2.94. The molecule has 7 nitrogen and oxygen atoms in total. The summed E-state index contributed by atoms with van der Waals surface area (Å²) in [7, 11) is 1.65. The molecule has 3 N–H and O–H groups in total. The number of hydrogen-bond acceptors (Lipinski definition) is 5. The van der Waals surface area contributed by atoms with Gasteiger partial charge in [0.05, 0.1) is 33.5 Å². The summed E-state index contributed by atoms with van der Waals surface area (Å²) in [6.45, 7) is 2.97. The minimum atomic E-state index is -0.464. The van der Waals surface area contributed by atoms with E-state index in [0.717, 1.165) is 24.2 Å². The molecule has 0 aromatic heterocycles. The van der Waals surface area contributed by atoms with E-state index in [1.54, 1.807) is 7.11 Å². The van der Waals surface area contributed by atoms with Crippen molar-refractivity contribution in [1.29, 1.82) is 0 Å². The molecule has 1 aromatic carbocycles. The maximum atomic E-state index is 6.04. The fourth-order valence-electron chi connectivity index (χ4n) is 2.94. The van der Waals surface area contributed by atoms with Crippen LogP contribution in [0.1, 0.15) is 18.4 Å². The second-order valence-corrected chi connectivity index (χ2v) is 5.97. The van der Waals surface area contributed by atoms with Gasteiger partial charge in [0.1, 0.15) is 11.9 Å². The van der Waals surface area contributed by atoms with E-state index in [0.29, 0.717) is 38.9 Å². The van der Waals surface area contributed by atoms with E-state index in [4.69, 9.17) is 24.7 Å². The van der Waals surface area contributed by atoms with E-state index in [1.165, 1.54) is 0 Å². The van der Waals surface area contributed by atoms with E-state index in [9.17, 15) is 0 Å². The van der Waals surface area contributed by atoms with Gasteiger partial charge in [-0.3, -0.25) is 0 Å². The summed E-state index contributed by atoms with van der Waals surface area (Å²) in [5.74, 6) is 0.731. The highest BCUT2D eigenvalue weighted by atomic mass is 127. The van der Waals surface area contributed by atoms with Crippen molar-refractivity contribution in [2.75, 3.05) is 33.5 Å². The number of aliphatic imine (C=N–C) groups is 1. The Hall–Kier alpha value is -1.10. The molecule has 140 valence electrons. The Morgan fingerprint density at radius 1 is 1.36 bits per heavy atom. The SMILES string of the molecule is COc1ccccc1CN=C(N)NCC1COC2(CCOCC2)O1.I. The number of nitrogens with two attached hydrogens (primary N) is 1. The summed E-state index contributed by atoms with van der Waals surface area (Å²) in [5.41, 5.74) is 6.93. The molecule has 0 radical (unpaired) electrons. The van der Waals surface area contributed by atoms with Gasteiger partial charge in [0, 0.05) is 24.9 Å². The standard InChI is InChI=1S/C17H25N3O4.HI/c1-21-15-5-3-2-4-13(15)10-19-16(18)20-11-14-12-23-17(24-14)6-8-22-9-7-17;/h2-5,14H,6-12H2,1H3,(H3,18,19,20);1H. The third-order valence-corrected chi connectivity index (χ3v) is 4.29. The molecule has 0 saturated carbocycles. The van der Waals surface area contributed by atoms with Crippen molar-refractivity contribution in [2.45, 2.75) is 31.3 Å². The molecule has 1 unspecified atom stereocenters. The largest absolute Gasteiger partial charge is 0.496 e. The molecular weight excluding hydrogens is 437 g/mol. The minimum Gasteiger partial charge on any atom is -0.496 e. The molecule has 1 aromatic rings. The van der Waals surface area contributed by atoms with Crippen LogP contribution >= 0.6 is 24.0 Å². The van der Waals surface area contributed by atoms with Crippen molar-refractivity contribution in [1.82, 2.24) is 5.32 Å². The molecule has 1 atom stereocenters. The molecule has 2 heterocycles. The lowest BCUT2D eigenvalue weighted by Crippen LogP contribution is -2.41. The molecule has 2 fully saturated rings. The summed E-state index contributed by atoms with van der Waals surface area (Å²) >= 11 is 0. The van der Waals surface area contributed by atoms with E-state index in [2.05, 4.69) is 10.3 Å². The number of nitrogens with zero attached hydrogens (tertiary/aromatic N) is 1. The van der Waals surface area contributed by atoms with Crippen LogP contribution in [0.3, 0.4) is 0 Å². The highest BCUT2D eigenvalue weighted by Crippen LogP contribution is 2.32. The number of para-hydroxylation sites is 1. The van der Waals surface area contributed by atoms with Crippen LogP contribution in [0.4, 0.5) is 0 Å². The van der Waals surface area contributed by atoms with Gasteiger partial charge >= 0.3 is 0 Å². The lowest BCUT2D eigenvalue weighted by atomic mass is 10.1. The fraction of sp³-hybridized carbons (Fsp3) is 0.588. The first kappa shape index (κ1) is 20.2. The van der Waals surface area contributed by atoms with Crippen LogP contribution in [0.2, 0.25) is 0 Å². The van der Waals surface area contributed by atoms with Gasteiger partial charge in [-0.15, -0.1) is 24.0 Å². The number of guanidine groups is 1. The maximum Gasteiger partial charge on any atom is 0.189 e. The molecule has 3 rings (SSSR count). The second-order valence-electron chi connectivity index (χ2n) is 5.97. The lowest BCUT2D eigenvalue weighted by Gasteiger charge is -2.31. The second kappa shape index (κ2) is 9.56. The van der Waals surface area contributed by atoms with Crippen LogP contribution in [0.5, 0.6) is 5.75 Å². The number of methoxy groups -OCH3 is 1. The first-order valence-electron chi connectivity index (χ1n) is 8.26. The molecule has 0 amide bonds. The number of benzene rings is 1. The average molecular weight is 463 g/mol. The molecule has 1 spiro atoms. The van der Waals surface area contributed by atoms with Crippen LogP contribution < -0.4 is 15.8 Å². The Morgan fingerprint density at radius 3 is 2.88 bits per heavy atom. The summed E-state index contributed by atoms with van der Waals surface area (Å²) in [6, 6.07) is 7.76. The van der Waals surface area contributed by atoms with Crippen LogP contribution in [0.25, 0.3) is 0 Å². The predicted molar refractivity (Wildman–Crippen MR) is 105 cm³/mol. The van der Waals surface area contributed by atoms with Gasteiger partial charge in [-0.25, -0.2) is 4.99 Å². The van der Waals surface area contributed by atoms with E-state index < -0.39 is 5.79 Å². The van der Waals surface area contributed by atoms with Crippen molar-refractivity contribution in [2.24, 2.45) is 10.7 Å². The Morgan fingerprint density at radius 2 is 2.12 bits per heavy atom. The Bertz CT molecular complexity index is 579. The van der Waals surface area contributed by atoms with Crippen molar-refractivity contribution in [3.05, 3.63) is 29.8 Å². The summed E-state index contributed by atoms with van der Waals surface area (Å²) < 4.78 is 22.6. The Labute approximate surface area is 165 Å². The molecular formula is C17H26IN3O4. The van der Waals surface area contributed by atoms with Gasteiger partial charge in [-0.05, 0) is 6.07 Å². The topological polar surface area (TPSA) is 87.3 Å².